The molecule has 0 radical (unpaired) electrons. The lowest BCUT2D eigenvalue weighted by atomic mass is 9.93. The molecule has 0 bridgehead atoms. The number of amides is 2. The van der Waals surface area contributed by atoms with E-state index in [0.29, 0.717) is 19.1 Å². The second-order valence-corrected chi connectivity index (χ2v) is 6.97. The van der Waals surface area contributed by atoms with Crippen molar-refractivity contribution in [3.05, 3.63) is 29.8 Å². The van der Waals surface area contributed by atoms with Gasteiger partial charge >= 0.3 is 6.03 Å². The van der Waals surface area contributed by atoms with Crippen molar-refractivity contribution in [2.75, 3.05) is 6.61 Å². The van der Waals surface area contributed by atoms with Gasteiger partial charge in [-0.3, -0.25) is 0 Å². The second-order valence-electron chi connectivity index (χ2n) is 6.97. The van der Waals surface area contributed by atoms with Crippen LogP contribution in [0.1, 0.15) is 51.5 Å². The third kappa shape index (κ3) is 6.40. The van der Waals surface area contributed by atoms with Crippen molar-refractivity contribution in [1.29, 1.82) is 0 Å². The number of urea groups is 1. The molecule has 0 saturated heterocycles. The van der Waals surface area contributed by atoms with E-state index in [9.17, 15) is 9.90 Å². The summed E-state index contributed by atoms with van der Waals surface area (Å²) in [5, 5.41) is 15.4. The molecule has 134 valence electrons. The summed E-state index contributed by atoms with van der Waals surface area (Å²) in [6.45, 7) is 5.47. The molecule has 1 aliphatic rings. The number of aliphatic hydroxyl groups is 1. The lowest BCUT2D eigenvalue weighted by Gasteiger charge is -2.26. The van der Waals surface area contributed by atoms with E-state index in [1.54, 1.807) is 0 Å². The maximum Gasteiger partial charge on any atom is 0.315 e. The first-order chi connectivity index (χ1) is 11.5. The minimum atomic E-state index is -0.207. The van der Waals surface area contributed by atoms with Crippen molar-refractivity contribution in [3.63, 3.8) is 0 Å². The summed E-state index contributed by atoms with van der Waals surface area (Å²) in [7, 11) is 0. The van der Waals surface area contributed by atoms with Gasteiger partial charge in [0.15, 0.2) is 0 Å². The Balaban J connectivity index is 1.77. The predicted molar refractivity (Wildman–Crippen MR) is 95.0 cm³/mol. The molecular formula is C19H30N2O3. The van der Waals surface area contributed by atoms with Gasteiger partial charge in [0.25, 0.3) is 0 Å². The summed E-state index contributed by atoms with van der Waals surface area (Å²) < 4.78 is 5.84. The van der Waals surface area contributed by atoms with Crippen LogP contribution in [0.2, 0.25) is 0 Å². The highest BCUT2D eigenvalue weighted by atomic mass is 16.5. The van der Waals surface area contributed by atoms with Crippen molar-refractivity contribution in [3.8, 4) is 5.75 Å². The fraction of sp³-hybridized carbons (Fsp3) is 0.632. The number of carbonyl (C=O) groups excluding carboxylic acids is 1. The highest BCUT2D eigenvalue weighted by Gasteiger charge is 2.20. The molecule has 0 aliphatic heterocycles. The number of rotatable bonds is 7. The van der Waals surface area contributed by atoms with Crippen molar-refractivity contribution >= 4 is 6.03 Å². The first-order valence-corrected chi connectivity index (χ1v) is 8.97. The number of hydrogen-bond donors (Lipinski definition) is 3. The maximum absolute atomic E-state index is 12.1. The largest absolute Gasteiger partial charge is 0.493 e. The average molecular weight is 334 g/mol. The van der Waals surface area contributed by atoms with E-state index in [1.165, 1.54) is 0 Å². The fourth-order valence-corrected chi connectivity index (χ4v) is 2.83. The number of nitrogens with one attached hydrogen (secondary N) is 2. The molecule has 1 fully saturated rings. The van der Waals surface area contributed by atoms with Gasteiger partial charge in [0.2, 0.25) is 0 Å². The van der Waals surface area contributed by atoms with E-state index in [-0.39, 0.29) is 18.2 Å². The Labute approximate surface area is 144 Å². The quantitative estimate of drug-likeness (QED) is 0.717. The zero-order valence-corrected chi connectivity index (χ0v) is 14.8. The van der Waals surface area contributed by atoms with Crippen LogP contribution in [0, 0.1) is 5.92 Å². The number of ether oxygens (including phenoxy) is 1. The van der Waals surface area contributed by atoms with Gasteiger partial charge in [-0.25, -0.2) is 4.79 Å². The van der Waals surface area contributed by atoms with Crippen molar-refractivity contribution in [2.45, 2.75) is 64.6 Å². The molecule has 1 aromatic rings. The molecule has 5 nitrogen and oxygen atoms in total. The number of hydrogen-bond acceptors (Lipinski definition) is 3. The Kier molecular flexibility index (Phi) is 7.37. The van der Waals surface area contributed by atoms with Crippen LogP contribution in [0.3, 0.4) is 0 Å². The van der Waals surface area contributed by atoms with E-state index in [4.69, 9.17) is 4.74 Å². The number of aliphatic hydroxyl groups excluding tert-OH is 1. The van der Waals surface area contributed by atoms with Gasteiger partial charge in [-0.15, -0.1) is 0 Å². The lowest BCUT2D eigenvalue weighted by molar-refractivity contribution is 0.117. The van der Waals surface area contributed by atoms with Gasteiger partial charge < -0.3 is 20.5 Å². The molecule has 24 heavy (non-hydrogen) atoms. The van der Waals surface area contributed by atoms with Crippen molar-refractivity contribution < 1.29 is 14.6 Å². The number of carbonyl (C=O) groups is 1. The molecule has 2 amide bonds. The number of benzene rings is 1. The topological polar surface area (TPSA) is 70.6 Å². The van der Waals surface area contributed by atoms with Crippen LogP contribution in [-0.4, -0.2) is 29.9 Å². The van der Waals surface area contributed by atoms with Gasteiger partial charge in [0.1, 0.15) is 5.75 Å². The van der Waals surface area contributed by atoms with E-state index in [1.807, 2.05) is 24.3 Å². The Morgan fingerprint density at radius 2 is 1.96 bits per heavy atom. The number of para-hydroxylation sites is 1. The van der Waals surface area contributed by atoms with Crippen molar-refractivity contribution in [2.24, 2.45) is 5.92 Å². The molecule has 1 aromatic carbocycles. The zero-order chi connectivity index (χ0) is 17.4. The van der Waals surface area contributed by atoms with Gasteiger partial charge in [0.05, 0.1) is 12.7 Å². The summed E-state index contributed by atoms with van der Waals surface area (Å²) in [6, 6.07) is 7.81. The Morgan fingerprint density at radius 3 is 2.67 bits per heavy atom. The SMILES string of the molecule is CC(C)CCOc1ccccc1CNC(=O)NC1CCC(O)CC1. The highest BCUT2D eigenvalue weighted by molar-refractivity contribution is 5.74. The van der Waals surface area contributed by atoms with Crippen LogP contribution in [0.5, 0.6) is 5.75 Å². The smallest absolute Gasteiger partial charge is 0.315 e. The summed E-state index contributed by atoms with van der Waals surface area (Å²) in [5.74, 6) is 1.44. The molecule has 0 heterocycles. The minimum absolute atomic E-state index is 0.158. The predicted octanol–water partition coefficient (Wildman–Crippen LogP) is 3.21. The normalized spacial score (nSPS) is 20.7. The monoisotopic (exact) mass is 334 g/mol. The molecular weight excluding hydrogens is 304 g/mol. The summed E-state index contributed by atoms with van der Waals surface area (Å²) in [4.78, 5) is 12.1. The average Bonchev–Trinajstić information content (AvgIpc) is 2.56. The molecule has 1 saturated carbocycles. The van der Waals surface area contributed by atoms with Gasteiger partial charge in [-0.2, -0.15) is 0 Å². The van der Waals surface area contributed by atoms with E-state index >= 15 is 0 Å². The first kappa shape index (κ1) is 18.6. The third-order valence-corrected chi connectivity index (χ3v) is 4.40. The zero-order valence-electron chi connectivity index (χ0n) is 14.8. The molecule has 1 aliphatic carbocycles. The van der Waals surface area contributed by atoms with Crippen LogP contribution < -0.4 is 15.4 Å². The molecule has 0 aromatic heterocycles. The van der Waals surface area contributed by atoms with E-state index < -0.39 is 0 Å². The van der Waals surface area contributed by atoms with E-state index in [0.717, 1.165) is 43.4 Å². The summed E-state index contributed by atoms with van der Waals surface area (Å²) in [5.41, 5.74) is 0.982. The van der Waals surface area contributed by atoms with Gasteiger partial charge in [-0.05, 0) is 44.1 Å². The summed E-state index contributed by atoms with van der Waals surface area (Å²) in [6.07, 6.45) is 4.00. The van der Waals surface area contributed by atoms with Gasteiger partial charge in [-0.1, -0.05) is 32.0 Å². The molecule has 0 spiro atoms. The van der Waals surface area contributed by atoms with Crippen LogP contribution in [0.4, 0.5) is 4.79 Å². The highest BCUT2D eigenvalue weighted by Crippen LogP contribution is 2.19. The Bertz CT molecular complexity index is 511. The minimum Gasteiger partial charge on any atom is -0.493 e. The van der Waals surface area contributed by atoms with Crippen molar-refractivity contribution in [1.82, 2.24) is 10.6 Å². The molecule has 0 atom stereocenters. The first-order valence-electron chi connectivity index (χ1n) is 8.97. The van der Waals surface area contributed by atoms with E-state index in [2.05, 4.69) is 24.5 Å². The third-order valence-electron chi connectivity index (χ3n) is 4.40. The fourth-order valence-electron chi connectivity index (χ4n) is 2.83. The Morgan fingerprint density at radius 1 is 1.25 bits per heavy atom. The molecule has 3 N–H and O–H groups in total. The Hall–Kier alpha value is -1.75. The molecule has 2 rings (SSSR count). The van der Waals surface area contributed by atoms with Crippen LogP contribution >= 0.6 is 0 Å². The molecule has 5 heteroatoms. The van der Waals surface area contributed by atoms with Crippen LogP contribution in [0.15, 0.2) is 24.3 Å². The van der Waals surface area contributed by atoms with Gasteiger partial charge in [0, 0.05) is 18.2 Å². The van der Waals surface area contributed by atoms with Crippen LogP contribution in [0.25, 0.3) is 0 Å². The lowest BCUT2D eigenvalue weighted by Crippen LogP contribution is -2.43. The maximum atomic E-state index is 12.1. The second kappa shape index (κ2) is 9.52. The summed E-state index contributed by atoms with van der Waals surface area (Å²) >= 11 is 0. The standard InChI is InChI=1S/C19H30N2O3/c1-14(2)11-12-24-18-6-4-3-5-15(18)13-20-19(23)21-16-7-9-17(22)10-8-16/h3-6,14,16-17,22H,7-13H2,1-2H3,(H2,20,21,23). The van der Waals surface area contributed by atoms with Crippen LogP contribution in [-0.2, 0) is 6.54 Å². The molecule has 0 unspecified atom stereocenters.